The molecule has 1 aliphatic heterocycles. The first kappa shape index (κ1) is 25.0. The minimum atomic E-state index is -4.41. The van der Waals surface area contributed by atoms with Gasteiger partial charge in [0.1, 0.15) is 5.82 Å². The summed E-state index contributed by atoms with van der Waals surface area (Å²) >= 11 is 0. The summed E-state index contributed by atoms with van der Waals surface area (Å²) in [7, 11) is 0. The normalized spacial score (nSPS) is 16.2. The van der Waals surface area contributed by atoms with Crippen molar-refractivity contribution in [3.63, 3.8) is 0 Å². The van der Waals surface area contributed by atoms with Crippen molar-refractivity contribution >= 4 is 47.9 Å². The molecule has 1 aliphatic rings. The number of carbonyl (C=O) groups excluding carboxylic acids is 1. The van der Waals surface area contributed by atoms with Crippen LogP contribution in [0.2, 0.25) is 0 Å². The van der Waals surface area contributed by atoms with Crippen molar-refractivity contribution < 1.29 is 22.7 Å². The minimum Gasteiger partial charge on any atom is -0.378 e. The van der Waals surface area contributed by atoms with Gasteiger partial charge in [-0.1, -0.05) is 0 Å². The maximum absolute atomic E-state index is 12.5. The topological polar surface area (TPSA) is 75.3 Å². The van der Waals surface area contributed by atoms with E-state index >= 15 is 0 Å². The van der Waals surface area contributed by atoms with Gasteiger partial charge in [0.25, 0.3) is 0 Å². The Kier molecular flexibility index (Phi) is 9.64. The third-order valence-electron chi connectivity index (χ3n) is 3.96. The van der Waals surface area contributed by atoms with Crippen LogP contribution in [0.1, 0.15) is 12.0 Å². The van der Waals surface area contributed by atoms with Crippen molar-refractivity contribution in [2.75, 3.05) is 30.4 Å². The number of ether oxygens (including phenoxy) is 1. The van der Waals surface area contributed by atoms with E-state index in [1.165, 1.54) is 6.07 Å². The van der Waals surface area contributed by atoms with Gasteiger partial charge in [-0.2, -0.15) is 13.2 Å². The second kappa shape index (κ2) is 11.2. The number of morpholine rings is 1. The lowest BCUT2D eigenvalue weighted by Gasteiger charge is -2.23. The van der Waals surface area contributed by atoms with Crippen molar-refractivity contribution in [1.29, 1.82) is 0 Å². The molecule has 29 heavy (non-hydrogen) atoms. The predicted molar refractivity (Wildman–Crippen MR) is 109 cm³/mol. The van der Waals surface area contributed by atoms with Gasteiger partial charge in [-0.3, -0.25) is 4.79 Å². The molecule has 0 radical (unpaired) electrons. The molecule has 3 N–H and O–H groups in total. The third kappa shape index (κ3) is 7.69. The van der Waals surface area contributed by atoms with E-state index in [-0.39, 0.29) is 36.8 Å². The average Bonchev–Trinajstić information content (AvgIpc) is 2.64. The Morgan fingerprint density at radius 3 is 2.38 bits per heavy atom. The lowest BCUT2D eigenvalue weighted by atomic mass is 10.2. The Morgan fingerprint density at radius 2 is 1.83 bits per heavy atom. The number of nitrogens with zero attached hydrogens (tertiary/aromatic N) is 1. The van der Waals surface area contributed by atoms with E-state index in [2.05, 4.69) is 20.9 Å². The molecular weight excluding hydrogens is 432 g/mol. The van der Waals surface area contributed by atoms with Crippen LogP contribution in [-0.2, 0) is 15.7 Å². The highest BCUT2D eigenvalue weighted by atomic mass is 35.5. The highest BCUT2D eigenvalue weighted by Crippen LogP contribution is 2.29. The summed E-state index contributed by atoms with van der Waals surface area (Å²) in [6.45, 7) is 1.90. The fourth-order valence-electron chi connectivity index (χ4n) is 2.61. The zero-order valence-electron chi connectivity index (χ0n) is 15.2. The quantitative estimate of drug-likeness (QED) is 0.638. The number of rotatable bonds is 5. The molecular formula is C18H21Cl2F3N4O2. The minimum absolute atomic E-state index is 0. The SMILES string of the molecule is Cl.Cl.O=C(CC1COCCN1)Nc1ccc(Nc2ccc(C(F)(F)F)cn2)cc1. The van der Waals surface area contributed by atoms with E-state index in [1.54, 1.807) is 24.3 Å². The average molecular weight is 453 g/mol. The largest absolute Gasteiger partial charge is 0.417 e. The van der Waals surface area contributed by atoms with Crippen LogP contribution in [0.5, 0.6) is 0 Å². The third-order valence-corrected chi connectivity index (χ3v) is 3.96. The highest BCUT2D eigenvalue weighted by Gasteiger charge is 2.30. The standard InChI is InChI=1S/C18H19F3N4O2.2ClH/c19-18(20,21)12-1-6-16(23-10-12)24-13-2-4-14(5-3-13)25-17(26)9-15-11-27-8-7-22-15;;/h1-6,10,15,22H,7-9,11H2,(H,23,24)(H,25,26);2*1H. The molecule has 1 aromatic heterocycles. The van der Waals surface area contributed by atoms with E-state index in [0.29, 0.717) is 36.8 Å². The number of benzene rings is 1. The fourth-order valence-corrected chi connectivity index (χ4v) is 2.61. The summed E-state index contributed by atoms with van der Waals surface area (Å²) in [5.74, 6) is 0.172. The molecule has 1 fully saturated rings. The Labute approximate surface area is 178 Å². The first-order chi connectivity index (χ1) is 12.9. The van der Waals surface area contributed by atoms with Gasteiger partial charge in [-0.15, -0.1) is 24.8 Å². The van der Waals surface area contributed by atoms with Crippen LogP contribution in [-0.4, -0.2) is 36.7 Å². The molecule has 11 heteroatoms. The summed E-state index contributed by atoms with van der Waals surface area (Å²) in [6, 6.07) is 9.05. The molecule has 1 atom stereocenters. The van der Waals surface area contributed by atoms with Crippen molar-refractivity contribution in [2.24, 2.45) is 0 Å². The van der Waals surface area contributed by atoms with Crippen molar-refractivity contribution in [3.05, 3.63) is 48.2 Å². The summed E-state index contributed by atoms with van der Waals surface area (Å²) in [4.78, 5) is 15.8. The molecule has 1 amide bonds. The zero-order chi connectivity index (χ0) is 19.3. The number of aromatic nitrogens is 1. The Bertz CT molecular complexity index is 768. The number of carbonyl (C=O) groups is 1. The molecule has 2 heterocycles. The van der Waals surface area contributed by atoms with Gasteiger partial charge in [0, 0.05) is 36.6 Å². The number of alkyl halides is 3. The van der Waals surface area contributed by atoms with Crippen LogP contribution < -0.4 is 16.0 Å². The first-order valence-corrected chi connectivity index (χ1v) is 8.41. The van der Waals surface area contributed by atoms with Gasteiger partial charge in [0.2, 0.25) is 5.91 Å². The summed E-state index contributed by atoms with van der Waals surface area (Å²) in [5, 5.41) is 8.92. The van der Waals surface area contributed by atoms with E-state index in [1.807, 2.05) is 0 Å². The highest BCUT2D eigenvalue weighted by molar-refractivity contribution is 5.91. The molecule has 3 rings (SSSR count). The number of hydrogen-bond donors (Lipinski definition) is 3. The second-order valence-corrected chi connectivity index (χ2v) is 6.11. The van der Waals surface area contributed by atoms with Crippen LogP contribution in [0.15, 0.2) is 42.6 Å². The summed E-state index contributed by atoms with van der Waals surface area (Å²) in [6.07, 6.45) is -3.32. The molecule has 0 aliphatic carbocycles. The Morgan fingerprint density at radius 1 is 1.14 bits per heavy atom. The predicted octanol–water partition coefficient (Wildman–Crippen LogP) is 4.00. The van der Waals surface area contributed by atoms with Gasteiger partial charge in [0.05, 0.1) is 18.8 Å². The lowest BCUT2D eigenvalue weighted by molar-refractivity contribution is -0.137. The van der Waals surface area contributed by atoms with E-state index in [0.717, 1.165) is 18.8 Å². The monoisotopic (exact) mass is 452 g/mol. The fraction of sp³-hybridized carbons (Fsp3) is 0.333. The maximum atomic E-state index is 12.5. The summed E-state index contributed by atoms with van der Waals surface area (Å²) in [5.41, 5.74) is 0.467. The second-order valence-electron chi connectivity index (χ2n) is 6.11. The molecule has 1 saturated heterocycles. The zero-order valence-corrected chi connectivity index (χ0v) is 16.8. The van der Waals surface area contributed by atoms with Gasteiger partial charge in [-0.05, 0) is 36.4 Å². The molecule has 0 saturated carbocycles. The Balaban J connectivity index is 0.00000210. The maximum Gasteiger partial charge on any atom is 0.417 e. The molecule has 160 valence electrons. The number of nitrogens with one attached hydrogen (secondary N) is 3. The molecule has 1 unspecified atom stereocenters. The van der Waals surface area contributed by atoms with Crippen LogP contribution >= 0.6 is 24.8 Å². The van der Waals surface area contributed by atoms with E-state index in [9.17, 15) is 18.0 Å². The Hall–Kier alpha value is -2.07. The number of anilines is 3. The number of pyridine rings is 1. The number of halogens is 5. The van der Waals surface area contributed by atoms with Gasteiger partial charge in [0.15, 0.2) is 0 Å². The van der Waals surface area contributed by atoms with Gasteiger partial charge < -0.3 is 20.7 Å². The van der Waals surface area contributed by atoms with Crippen LogP contribution in [0.25, 0.3) is 0 Å². The van der Waals surface area contributed by atoms with Crippen molar-refractivity contribution in [2.45, 2.75) is 18.6 Å². The molecule has 2 aromatic rings. The van der Waals surface area contributed by atoms with Crippen molar-refractivity contribution in [1.82, 2.24) is 10.3 Å². The van der Waals surface area contributed by atoms with Crippen LogP contribution in [0.3, 0.4) is 0 Å². The summed E-state index contributed by atoms with van der Waals surface area (Å²) < 4.78 is 42.9. The molecule has 1 aromatic carbocycles. The van der Waals surface area contributed by atoms with Crippen LogP contribution in [0, 0.1) is 0 Å². The van der Waals surface area contributed by atoms with Crippen molar-refractivity contribution in [3.8, 4) is 0 Å². The lowest BCUT2D eigenvalue weighted by Crippen LogP contribution is -2.43. The smallest absolute Gasteiger partial charge is 0.378 e. The van der Waals surface area contributed by atoms with Crippen LogP contribution in [0.4, 0.5) is 30.4 Å². The van der Waals surface area contributed by atoms with Gasteiger partial charge >= 0.3 is 6.18 Å². The molecule has 6 nitrogen and oxygen atoms in total. The molecule has 0 spiro atoms. The number of hydrogen-bond acceptors (Lipinski definition) is 5. The van der Waals surface area contributed by atoms with E-state index < -0.39 is 11.7 Å². The van der Waals surface area contributed by atoms with Gasteiger partial charge in [-0.25, -0.2) is 4.98 Å². The van der Waals surface area contributed by atoms with E-state index in [4.69, 9.17) is 4.74 Å². The molecule has 0 bridgehead atoms. The number of amides is 1. The first-order valence-electron chi connectivity index (χ1n) is 8.41.